The summed E-state index contributed by atoms with van der Waals surface area (Å²) in [5.74, 6) is 0. The molecular weight excluding hydrogens is 569 g/mol. The van der Waals surface area contributed by atoms with Crippen LogP contribution in [-0.4, -0.2) is 0 Å². The van der Waals surface area contributed by atoms with Crippen molar-refractivity contribution in [2.24, 2.45) is 0 Å². The van der Waals surface area contributed by atoms with Crippen molar-refractivity contribution in [2.45, 2.75) is 0 Å². The monoisotopic (exact) mass is 620 g/mol. The molecule has 1 heterocycles. The Kier molecular flexibility index (Phi) is 2.57. The average Bonchev–Trinajstić information content (AvgIpc) is 3.75. The van der Waals surface area contributed by atoms with Gasteiger partial charge in [-0.15, -0.1) is 0 Å². The van der Waals surface area contributed by atoms with E-state index in [2.05, 4.69) is 0 Å². The second-order valence-corrected chi connectivity index (χ2v) is 10.6. The number of furan rings is 1. The molecule has 0 unspecified atom stereocenters. The van der Waals surface area contributed by atoms with E-state index in [1.807, 2.05) is 0 Å². The summed E-state index contributed by atoms with van der Waals surface area (Å²) in [7, 11) is 0. The molecule has 0 aliphatic rings. The Morgan fingerprint density at radius 3 is 1.53 bits per heavy atom. The molecule has 1 nitrogen and oxygen atoms in total. The summed E-state index contributed by atoms with van der Waals surface area (Å²) in [4.78, 5) is 0. The van der Waals surface area contributed by atoms with Crippen LogP contribution in [0.1, 0.15) is 32.9 Å². The maximum Gasteiger partial charge on any atom is 0.143 e. The lowest BCUT2D eigenvalue weighted by Crippen LogP contribution is -1.91. The Bertz CT molecular complexity index is 4120. The number of benzene rings is 9. The highest BCUT2D eigenvalue weighted by Crippen LogP contribution is 2.45. The van der Waals surface area contributed by atoms with Crippen molar-refractivity contribution >= 4 is 65.0 Å². The molecule has 47 heavy (non-hydrogen) atoms. The zero-order valence-electron chi connectivity index (χ0n) is 47.7. The molecule has 0 spiro atoms. The summed E-state index contributed by atoms with van der Waals surface area (Å²) >= 11 is 0. The van der Waals surface area contributed by atoms with Crippen molar-refractivity contribution in [3.63, 3.8) is 0 Å². The van der Waals surface area contributed by atoms with Gasteiger partial charge in [0.1, 0.15) is 11.2 Å². The highest BCUT2D eigenvalue weighted by Gasteiger charge is 2.18. The van der Waals surface area contributed by atoms with E-state index >= 15 is 0 Å². The Morgan fingerprint density at radius 2 is 0.872 bits per heavy atom. The van der Waals surface area contributed by atoms with Gasteiger partial charge in [0.2, 0.25) is 0 Å². The van der Waals surface area contributed by atoms with Gasteiger partial charge in [0, 0.05) is 16.3 Å². The normalized spacial score (nSPS) is 19.0. The number of hydrogen-bond donors (Lipinski definition) is 0. The Hall–Kier alpha value is -6.18. The van der Waals surface area contributed by atoms with Crippen LogP contribution in [0.4, 0.5) is 0 Å². The molecule has 0 N–H and O–H groups in total. The van der Waals surface area contributed by atoms with E-state index in [-0.39, 0.29) is 65.7 Å². The van der Waals surface area contributed by atoms with E-state index in [1.165, 1.54) is 24.3 Å². The summed E-state index contributed by atoms with van der Waals surface area (Å²) in [6.07, 6.45) is 0. The molecule has 0 radical (unpaired) electrons. The van der Waals surface area contributed by atoms with Gasteiger partial charge in [-0.2, -0.15) is 0 Å². The third-order valence-corrected chi connectivity index (χ3v) is 8.02. The number of fused-ring (bicyclic) bond motifs is 7. The predicted octanol–water partition coefficient (Wildman–Crippen LogP) is 13.2. The summed E-state index contributed by atoms with van der Waals surface area (Å²) in [6.45, 7) is 0. The molecule has 0 bridgehead atoms. The van der Waals surface area contributed by atoms with E-state index in [0.29, 0.717) is 0 Å². The molecule has 10 rings (SSSR count). The quantitative estimate of drug-likeness (QED) is 0.179. The standard InChI is InChI=1S/C46H28O/c1-2-11-32-26-35(25-20-29(32)10-1)45-39-16-7-5-14-37(39)44(38-15-6-8-17-40(38)45)31-23-21-30(22-24-31)36-18-9-19-41-42-27-33-12-3-4-13-34(33)28-43(42)47-46(36)41/h1-28H/i1D,2D,3D,4D,5D,6D,7D,8D,9D,10D,11D,12D,13D,14D,15D,16D,17D,18D,19D,20D,25D,26D,27D,28D. The molecule has 0 saturated heterocycles. The van der Waals surface area contributed by atoms with Crippen LogP contribution in [-0.2, 0) is 0 Å². The fourth-order valence-electron chi connectivity index (χ4n) is 5.96. The van der Waals surface area contributed by atoms with Gasteiger partial charge in [0.05, 0.1) is 32.9 Å². The minimum atomic E-state index is -0.840. The zero-order valence-corrected chi connectivity index (χ0v) is 23.7. The van der Waals surface area contributed by atoms with Crippen molar-refractivity contribution in [3.8, 4) is 33.4 Å². The molecule has 0 saturated carbocycles. The van der Waals surface area contributed by atoms with E-state index in [4.69, 9.17) is 29.1 Å². The first-order valence-electron chi connectivity index (χ1n) is 26.2. The zero-order chi connectivity index (χ0) is 51.8. The molecule has 10 aromatic rings. The van der Waals surface area contributed by atoms with Crippen LogP contribution in [0, 0.1) is 0 Å². The maximum atomic E-state index is 9.43. The largest absolute Gasteiger partial charge is 0.455 e. The Balaban J connectivity index is 1.34. The van der Waals surface area contributed by atoms with Gasteiger partial charge in [-0.1, -0.05) is 151 Å². The lowest BCUT2D eigenvalue weighted by atomic mass is 9.85. The summed E-state index contributed by atoms with van der Waals surface area (Å²) in [5.41, 5.74) is -1.88. The van der Waals surface area contributed by atoms with Crippen LogP contribution in [0.5, 0.6) is 0 Å². The highest BCUT2D eigenvalue weighted by atomic mass is 16.3. The minimum Gasteiger partial charge on any atom is -0.455 e. The Labute approximate surface area is 305 Å². The molecule has 1 aromatic heterocycles. The van der Waals surface area contributed by atoms with E-state index in [9.17, 15) is 8.22 Å². The van der Waals surface area contributed by atoms with Crippen LogP contribution in [0.3, 0.4) is 0 Å². The van der Waals surface area contributed by atoms with Crippen molar-refractivity contribution in [3.05, 3.63) is 169 Å². The molecule has 0 aliphatic carbocycles. The molecule has 0 atom stereocenters. The number of hydrogen-bond acceptors (Lipinski definition) is 1. The van der Waals surface area contributed by atoms with Crippen LogP contribution < -0.4 is 0 Å². The summed E-state index contributed by atoms with van der Waals surface area (Å²) < 4.78 is 219. The van der Waals surface area contributed by atoms with Gasteiger partial charge in [0.15, 0.2) is 0 Å². The molecule has 0 aliphatic heterocycles. The van der Waals surface area contributed by atoms with Crippen molar-refractivity contribution in [2.75, 3.05) is 0 Å². The first-order chi connectivity index (χ1) is 33.3. The molecular formula is C46H28O. The SMILES string of the molecule is [2H]c1c([2H])c([2H])c2c(oc3c([2H])c4c([2H])c([2H])c([2H])c([2H])c4c([2H])c32)c1-c1ccc(-c2c3c([2H])c([2H])c([2H])c([2H])c3c(-c3c([2H])c([2H])c4c([2H])c([2H])c([2H])c([2H])c4c3[2H])c3c([2H])c([2H])c([2H])c([2H])c23)cc1. The average molecular weight is 621 g/mol. The lowest BCUT2D eigenvalue weighted by molar-refractivity contribution is 0.670. The molecule has 0 amide bonds. The van der Waals surface area contributed by atoms with E-state index < -0.39 is 178 Å². The van der Waals surface area contributed by atoms with Gasteiger partial charge >= 0.3 is 0 Å². The van der Waals surface area contributed by atoms with Gasteiger partial charge in [0.25, 0.3) is 0 Å². The number of rotatable bonds is 3. The van der Waals surface area contributed by atoms with Crippen molar-refractivity contribution in [1.82, 2.24) is 0 Å². The molecule has 9 aromatic carbocycles. The van der Waals surface area contributed by atoms with Crippen molar-refractivity contribution in [1.29, 1.82) is 0 Å². The van der Waals surface area contributed by atoms with Gasteiger partial charge in [-0.05, 0) is 89.0 Å². The lowest BCUT2D eigenvalue weighted by Gasteiger charge is -2.18. The first-order valence-corrected chi connectivity index (χ1v) is 14.2. The van der Waals surface area contributed by atoms with Crippen LogP contribution >= 0.6 is 0 Å². The van der Waals surface area contributed by atoms with E-state index in [0.717, 1.165) is 0 Å². The van der Waals surface area contributed by atoms with Gasteiger partial charge in [-0.25, -0.2) is 0 Å². The smallest absolute Gasteiger partial charge is 0.143 e. The molecule has 0 fully saturated rings. The molecule has 1 heteroatoms. The molecule has 218 valence electrons. The Morgan fingerprint density at radius 1 is 0.362 bits per heavy atom. The highest BCUT2D eigenvalue weighted by molar-refractivity contribution is 6.22. The summed E-state index contributed by atoms with van der Waals surface area (Å²) in [6, 6.07) is -11.5. The summed E-state index contributed by atoms with van der Waals surface area (Å²) in [5, 5.41) is -3.71. The third-order valence-electron chi connectivity index (χ3n) is 8.02. The van der Waals surface area contributed by atoms with Crippen LogP contribution in [0.25, 0.3) is 98.4 Å². The minimum absolute atomic E-state index is 0.0448. The van der Waals surface area contributed by atoms with Gasteiger partial charge in [-0.3, -0.25) is 0 Å². The van der Waals surface area contributed by atoms with Crippen molar-refractivity contribution < 1.29 is 37.3 Å². The fraction of sp³-hybridized carbons (Fsp3) is 0. The fourth-order valence-corrected chi connectivity index (χ4v) is 5.96. The second-order valence-electron chi connectivity index (χ2n) is 10.6. The topological polar surface area (TPSA) is 13.1 Å². The van der Waals surface area contributed by atoms with E-state index in [1.54, 1.807) is 0 Å². The van der Waals surface area contributed by atoms with Crippen LogP contribution in [0.15, 0.2) is 174 Å². The number of para-hydroxylation sites is 1. The van der Waals surface area contributed by atoms with Gasteiger partial charge < -0.3 is 4.42 Å². The first kappa shape index (κ1) is 11.9. The predicted molar refractivity (Wildman–Crippen MR) is 200 cm³/mol. The maximum absolute atomic E-state index is 9.43. The second kappa shape index (κ2) is 10.2. The third kappa shape index (κ3) is 4.03. The van der Waals surface area contributed by atoms with Crippen LogP contribution in [0.2, 0.25) is 0 Å².